The Morgan fingerprint density at radius 3 is 2.31 bits per heavy atom. The predicted molar refractivity (Wildman–Crippen MR) is 68.3 cm³/mol. The average Bonchev–Trinajstić information content (AvgIpc) is 2.96. The third-order valence-corrected chi connectivity index (χ3v) is 3.28. The molecule has 1 saturated carbocycles. The largest absolute Gasteiger partial charge is 0.394 e. The van der Waals surface area contributed by atoms with E-state index in [1.807, 2.05) is 6.92 Å². The number of aliphatic hydroxyl groups excluding tert-OH is 1. The normalized spacial score (nSPS) is 22.5. The average molecular weight is 228 g/mol. The molecule has 3 heteroatoms. The molecule has 1 fully saturated rings. The van der Waals surface area contributed by atoms with Gasteiger partial charge in [0.15, 0.2) is 0 Å². The van der Waals surface area contributed by atoms with Gasteiger partial charge in [0.05, 0.1) is 6.61 Å². The number of aliphatic hydroxyl groups is 1. The van der Waals surface area contributed by atoms with Crippen molar-refractivity contribution in [1.82, 2.24) is 4.90 Å². The molecule has 0 heterocycles. The molecule has 3 N–H and O–H groups in total. The summed E-state index contributed by atoms with van der Waals surface area (Å²) in [5.74, 6) is 0.696. The Labute approximate surface area is 100 Å². The Kier molecular flexibility index (Phi) is 4.77. The summed E-state index contributed by atoms with van der Waals surface area (Å²) in [6.07, 6.45) is 3.53. The van der Waals surface area contributed by atoms with Crippen molar-refractivity contribution in [3.8, 4) is 0 Å². The second-order valence-electron chi connectivity index (χ2n) is 6.19. The molecule has 2 unspecified atom stereocenters. The highest BCUT2D eigenvalue weighted by atomic mass is 16.3. The molecule has 16 heavy (non-hydrogen) atoms. The van der Waals surface area contributed by atoms with Crippen molar-refractivity contribution >= 4 is 0 Å². The van der Waals surface area contributed by atoms with Crippen LogP contribution in [0.3, 0.4) is 0 Å². The first-order valence-electron chi connectivity index (χ1n) is 6.51. The molecular weight excluding hydrogens is 200 g/mol. The SMILES string of the molecule is CC(C)CN(C(C)CC(C)(N)CO)C1CC1. The molecule has 0 saturated heterocycles. The summed E-state index contributed by atoms with van der Waals surface area (Å²) < 4.78 is 0. The van der Waals surface area contributed by atoms with E-state index in [0.717, 1.165) is 19.0 Å². The van der Waals surface area contributed by atoms with E-state index in [0.29, 0.717) is 12.0 Å². The molecule has 0 aromatic rings. The van der Waals surface area contributed by atoms with Gasteiger partial charge in [-0.1, -0.05) is 13.8 Å². The summed E-state index contributed by atoms with van der Waals surface area (Å²) in [7, 11) is 0. The fourth-order valence-electron chi connectivity index (χ4n) is 2.37. The first-order valence-corrected chi connectivity index (χ1v) is 6.51. The van der Waals surface area contributed by atoms with Crippen LogP contribution in [0, 0.1) is 5.92 Å². The third kappa shape index (κ3) is 4.40. The highest BCUT2D eigenvalue weighted by Crippen LogP contribution is 2.31. The van der Waals surface area contributed by atoms with Crippen LogP contribution in [-0.2, 0) is 0 Å². The van der Waals surface area contributed by atoms with Gasteiger partial charge in [0.25, 0.3) is 0 Å². The van der Waals surface area contributed by atoms with Gasteiger partial charge in [0.2, 0.25) is 0 Å². The first kappa shape index (κ1) is 13.9. The Hall–Kier alpha value is -0.120. The molecule has 2 atom stereocenters. The van der Waals surface area contributed by atoms with E-state index in [4.69, 9.17) is 5.73 Å². The molecule has 0 aromatic carbocycles. The molecular formula is C13H28N2O. The fraction of sp³-hybridized carbons (Fsp3) is 1.00. The van der Waals surface area contributed by atoms with Crippen molar-refractivity contribution in [1.29, 1.82) is 0 Å². The monoisotopic (exact) mass is 228 g/mol. The zero-order valence-electron chi connectivity index (χ0n) is 11.2. The van der Waals surface area contributed by atoms with E-state index < -0.39 is 5.54 Å². The lowest BCUT2D eigenvalue weighted by Gasteiger charge is -2.35. The van der Waals surface area contributed by atoms with Crippen LogP contribution in [0.15, 0.2) is 0 Å². The molecule has 0 spiro atoms. The lowest BCUT2D eigenvalue weighted by molar-refractivity contribution is 0.121. The molecule has 96 valence electrons. The summed E-state index contributed by atoms with van der Waals surface area (Å²) in [6, 6.07) is 1.24. The van der Waals surface area contributed by atoms with Gasteiger partial charge in [0, 0.05) is 24.2 Å². The Morgan fingerprint density at radius 2 is 1.94 bits per heavy atom. The molecule has 0 amide bonds. The van der Waals surface area contributed by atoms with Crippen molar-refractivity contribution < 1.29 is 5.11 Å². The minimum absolute atomic E-state index is 0.0670. The molecule has 1 aliphatic carbocycles. The number of rotatable bonds is 7. The van der Waals surface area contributed by atoms with Gasteiger partial charge in [-0.25, -0.2) is 0 Å². The van der Waals surface area contributed by atoms with Crippen molar-refractivity contribution in [2.75, 3.05) is 13.2 Å². The van der Waals surface area contributed by atoms with Crippen molar-refractivity contribution in [2.24, 2.45) is 11.7 Å². The fourth-order valence-corrected chi connectivity index (χ4v) is 2.37. The van der Waals surface area contributed by atoms with Crippen molar-refractivity contribution in [3.63, 3.8) is 0 Å². The summed E-state index contributed by atoms with van der Waals surface area (Å²) in [5.41, 5.74) is 5.59. The Bertz CT molecular complexity index is 212. The van der Waals surface area contributed by atoms with Crippen LogP contribution >= 0.6 is 0 Å². The van der Waals surface area contributed by atoms with Crippen LogP contribution in [0.2, 0.25) is 0 Å². The summed E-state index contributed by atoms with van der Waals surface area (Å²) >= 11 is 0. The highest BCUT2D eigenvalue weighted by molar-refractivity contribution is 4.91. The number of hydrogen-bond donors (Lipinski definition) is 2. The maximum Gasteiger partial charge on any atom is 0.0609 e. The van der Waals surface area contributed by atoms with E-state index in [2.05, 4.69) is 25.7 Å². The maximum absolute atomic E-state index is 9.22. The first-order chi connectivity index (χ1) is 7.35. The van der Waals surface area contributed by atoms with Gasteiger partial charge >= 0.3 is 0 Å². The smallest absolute Gasteiger partial charge is 0.0609 e. The lowest BCUT2D eigenvalue weighted by Crippen LogP contribution is -2.48. The van der Waals surface area contributed by atoms with Gasteiger partial charge in [-0.15, -0.1) is 0 Å². The predicted octanol–water partition coefficient (Wildman–Crippen LogP) is 1.60. The quantitative estimate of drug-likeness (QED) is 0.696. The van der Waals surface area contributed by atoms with Crippen molar-refractivity contribution in [2.45, 2.75) is 64.6 Å². The number of hydrogen-bond acceptors (Lipinski definition) is 3. The van der Waals surface area contributed by atoms with Crippen LogP contribution < -0.4 is 5.73 Å². The van der Waals surface area contributed by atoms with Gasteiger partial charge in [0.1, 0.15) is 0 Å². The number of nitrogens with two attached hydrogens (primary N) is 1. The zero-order chi connectivity index (χ0) is 12.3. The summed E-state index contributed by atoms with van der Waals surface area (Å²) in [5, 5.41) is 9.22. The standard InChI is InChI=1S/C13H28N2O/c1-10(2)8-15(12-5-6-12)11(3)7-13(4,14)9-16/h10-12,16H,5-9,14H2,1-4H3. The van der Waals surface area contributed by atoms with Crippen LogP contribution in [-0.4, -0.2) is 40.8 Å². The van der Waals surface area contributed by atoms with E-state index in [9.17, 15) is 5.11 Å². The topological polar surface area (TPSA) is 49.5 Å². The van der Waals surface area contributed by atoms with Gasteiger partial charge in [-0.3, -0.25) is 4.90 Å². The minimum atomic E-state index is -0.441. The van der Waals surface area contributed by atoms with E-state index >= 15 is 0 Å². The molecule has 0 aromatic heterocycles. The van der Waals surface area contributed by atoms with Gasteiger partial charge < -0.3 is 10.8 Å². The van der Waals surface area contributed by atoms with Crippen LogP contribution in [0.4, 0.5) is 0 Å². The Morgan fingerprint density at radius 1 is 1.38 bits per heavy atom. The second kappa shape index (κ2) is 5.48. The minimum Gasteiger partial charge on any atom is -0.394 e. The van der Waals surface area contributed by atoms with Crippen molar-refractivity contribution in [3.05, 3.63) is 0 Å². The molecule has 0 radical (unpaired) electrons. The molecule has 3 nitrogen and oxygen atoms in total. The van der Waals surface area contributed by atoms with Crippen LogP contribution in [0.25, 0.3) is 0 Å². The van der Waals surface area contributed by atoms with Gasteiger partial charge in [-0.2, -0.15) is 0 Å². The molecule has 1 rings (SSSR count). The second-order valence-corrected chi connectivity index (χ2v) is 6.19. The molecule has 0 bridgehead atoms. The van der Waals surface area contributed by atoms with Crippen LogP contribution in [0.5, 0.6) is 0 Å². The van der Waals surface area contributed by atoms with E-state index in [1.165, 1.54) is 12.8 Å². The summed E-state index contributed by atoms with van der Waals surface area (Å²) in [6.45, 7) is 9.90. The lowest BCUT2D eigenvalue weighted by atomic mass is 9.94. The maximum atomic E-state index is 9.22. The Balaban J connectivity index is 2.50. The summed E-state index contributed by atoms with van der Waals surface area (Å²) in [4.78, 5) is 2.57. The van der Waals surface area contributed by atoms with E-state index in [1.54, 1.807) is 0 Å². The van der Waals surface area contributed by atoms with Gasteiger partial charge in [-0.05, 0) is 39.0 Å². The molecule has 1 aliphatic rings. The highest BCUT2D eigenvalue weighted by Gasteiger charge is 2.34. The third-order valence-electron chi connectivity index (χ3n) is 3.28. The van der Waals surface area contributed by atoms with Crippen LogP contribution in [0.1, 0.15) is 47.0 Å². The van der Waals surface area contributed by atoms with E-state index in [-0.39, 0.29) is 6.61 Å². The number of nitrogens with zero attached hydrogens (tertiary/aromatic N) is 1. The zero-order valence-corrected chi connectivity index (χ0v) is 11.2. The molecule has 0 aliphatic heterocycles.